The molecular weight excluding hydrogens is 143 g/mol. The van der Waals surface area contributed by atoms with Crippen molar-refractivity contribution in [2.24, 2.45) is 0 Å². The van der Waals surface area contributed by atoms with Crippen LogP contribution in [0.3, 0.4) is 0 Å². The van der Waals surface area contributed by atoms with Gasteiger partial charge in [-0.05, 0) is 19.6 Å². The van der Waals surface area contributed by atoms with Gasteiger partial charge >= 0.3 is 0 Å². The lowest BCUT2D eigenvalue weighted by molar-refractivity contribution is 0.275. The normalized spacial score (nSPS) is 11.4. The van der Waals surface area contributed by atoms with E-state index >= 15 is 0 Å². The van der Waals surface area contributed by atoms with E-state index in [1.165, 1.54) is 13.3 Å². The van der Waals surface area contributed by atoms with Crippen LogP contribution in [0, 0.1) is 0 Å². The molecule has 48 valence electrons. The second kappa shape index (κ2) is 2.70. The molecule has 0 aliphatic carbocycles. The highest BCUT2D eigenvalue weighted by Gasteiger charge is 2.16. The molecular formula is C4H9O2PS. The molecule has 4 heteroatoms. The molecule has 0 amide bonds. The average Bonchev–Trinajstić information content (AvgIpc) is 1.62. The van der Waals surface area contributed by atoms with Crippen LogP contribution in [0.4, 0.5) is 4.79 Å². The Kier molecular flexibility index (Phi) is 2.78. The summed E-state index contributed by atoms with van der Waals surface area (Å²) < 4.78 is 10.8. The van der Waals surface area contributed by atoms with Crippen molar-refractivity contribution in [2.75, 3.05) is 19.6 Å². The first kappa shape index (κ1) is 8.25. The summed E-state index contributed by atoms with van der Waals surface area (Å²) in [6.45, 7) is 2.96. The Morgan fingerprint density at radius 2 is 1.88 bits per heavy atom. The largest absolute Gasteiger partial charge is 0.315 e. The molecule has 0 saturated heterocycles. The highest BCUT2D eigenvalue weighted by Crippen LogP contribution is 2.41. The highest BCUT2D eigenvalue weighted by molar-refractivity contribution is 8.26. The Morgan fingerprint density at radius 3 is 1.88 bits per heavy atom. The first-order chi connectivity index (χ1) is 3.48. The van der Waals surface area contributed by atoms with E-state index in [9.17, 15) is 9.36 Å². The zero-order valence-electron chi connectivity index (χ0n) is 5.17. The minimum absolute atomic E-state index is 0.197. The SMILES string of the molecule is CSC(=O)P(C)(C)=O. The summed E-state index contributed by atoms with van der Waals surface area (Å²) in [6.07, 6.45) is 1.64. The zero-order valence-corrected chi connectivity index (χ0v) is 6.88. The van der Waals surface area contributed by atoms with Crippen molar-refractivity contribution in [3.8, 4) is 0 Å². The molecule has 0 radical (unpaired) electrons. The van der Waals surface area contributed by atoms with Gasteiger partial charge in [0.2, 0.25) is 4.86 Å². The fourth-order valence-corrected chi connectivity index (χ4v) is 1.98. The lowest BCUT2D eigenvalue weighted by Gasteiger charge is -1.98. The maximum Gasteiger partial charge on any atom is 0.246 e. The molecule has 0 saturated carbocycles. The zero-order chi connectivity index (χ0) is 6.78. The highest BCUT2D eigenvalue weighted by atomic mass is 32.2. The van der Waals surface area contributed by atoms with Crippen LogP contribution in [0.2, 0.25) is 0 Å². The van der Waals surface area contributed by atoms with E-state index in [-0.39, 0.29) is 4.86 Å². The van der Waals surface area contributed by atoms with Gasteiger partial charge in [0, 0.05) is 0 Å². The van der Waals surface area contributed by atoms with Crippen LogP contribution in [0.1, 0.15) is 0 Å². The number of rotatable bonds is 1. The van der Waals surface area contributed by atoms with Gasteiger partial charge < -0.3 is 4.57 Å². The second-order valence-corrected chi connectivity index (χ2v) is 6.01. The van der Waals surface area contributed by atoms with Crippen LogP contribution in [-0.2, 0) is 4.57 Å². The third-order valence-corrected chi connectivity index (χ3v) is 3.71. The first-order valence-electron chi connectivity index (χ1n) is 2.12. The molecule has 0 rings (SSSR count). The van der Waals surface area contributed by atoms with E-state index in [2.05, 4.69) is 0 Å². The standard InChI is InChI=1S/C4H9O2PS/c1-7(2,6)4(5)8-3/h1-3H3. The van der Waals surface area contributed by atoms with Gasteiger partial charge in [0.15, 0.2) is 7.14 Å². The minimum atomic E-state index is -2.43. The van der Waals surface area contributed by atoms with Crippen molar-refractivity contribution in [3.05, 3.63) is 0 Å². The van der Waals surface area contributed by atoms with Gasteiger partial charge in [-0.3, -0.25) is 4.79 Å². The van der Waals surface area contributed by atoms with Crippen molar-refractivity contribution in [3.63, 3.8) is 0 Å². The van der Waals surface area contributed by atoms with Crippen molar-refractivity contribution >= 4 is 23.8 Å². The molecule has 0 spiro atoms. The Labute approximate surface area is 53.4 Å². The summed E-state index contributed by atoms with van der Waals surface area (Å²) in [5.74, 6) is 0. The molecule has 0 bridgehead atoms. The number of carbonyl (C=O) groups is 1. The van der Waals surface area contributed by atoms with E-state index in [1.807, 2.05) is 0 Å². The second-order valence-electron chi connectivity index (χ2n) is 1.82. The molecule has 0 aromatic rings. The third-order valence-electron chi connectivity index (χ3n) is 0.614. The van der Waals surface area contributed by atoms with Gasteiger partial charge in [0.1, 0.15) is 0 Å². The predicted molar refractivity (Wildman–Crippen MR) is 38.4 cm³/mol. The van der Waals surface area contributed by atoms with Crippen LogP contribution >= 0.6 is 18.9 Å². The molecule has 0 atom stereocenters. The van der Waals surface area contributed by atoms with Crippen molar-refractivity contribution < 1.29 is 9.36 Å². The third kappa shape index (κ3) is 2.53. The van der Waals surface area contributed by atoms with Gasteiger partial charge in [-0.15, -0.1) is 0 Å². The van der Waals surface area contributed by atoms with Crippen molar-refractivity contribution in [2.45, 2.75) is 0 Å². The molecule has 0 aromatic heterocycles. The molecule has 0 aliphatic rings. The lowest BCUT2D eigenvalue weighted by atomic mass is 11.7. The Balaban J connectivity index is 4.04. The van der Waals surface area contributed by atoms with Gasteiger partial charge in [-0.25, -0.2) is 0 Å². The van der Waals surface area contributed by atoms with Crippen molar-refractivity contribution in [1.29, 1.82) is 0 Å². The van der Waals surface area contributed by atoms with Gasteiger partial charge in [-0.1, -0.05) is 11.8 Å². The minimum Gasteiger partial charge on any atom is -0.315 e. The van der Waals surface area contributed by atoms with E-state index in [4.69, 9.17) is 0 Å². The number of hydrogen-bond donors (Lipinski definition) is 0. The molecule has 0 aromatic carbocycles. The van der Waals surface area contributed by atoms with Gasteiger partial charge in [0.05, 0.1) is 0 Å². The molecule has 0 aliphatic heterocycles. The summed E-state index contributed by atoms with van der Waals surface area (Å²) in [4.78, 5) is 10.3. The number of carbonyl (C=O) groups excluding carboxylic acids is 1. The Morgan fingerprint density at radius 1 is 1.50 bits per heavy atom. The topological polar surface area (TPSA) is 34.1 Å². The maximum atomic E-state index is 10.8. The monoisotopic (exact) mass is 152 g/mol. The lowest BCUT2D eigenvalue weighted by Crippen LogP contribution is -1.85. The molecule has 0 N–H and O–H groups in total. The summed E-state index contributed by atoms with van der Waals surface area (Å²) in [5.41, 5.74) is 0. The number of thioether (sulfide) groups is 1. The summed E-state index contributed by atoms with van der Waals surface area (Å²) in [7, 11) is -2.43. The molecule has 0 heterocycles. The predicted octanol–water partition coefficient (Wildman–Crippen LogP) is 2.09. The first-order valence-corrected chi connectivity index (χ1v) is 5.94. The Bertz CT molecular complexity index is 137. The van der Waals surface area contributed by atoms with Gasteiger partial charge in [0.25, 0.3) is 0 Å². The molecule has 2 nitrogen and oxygen atoms in total. The van der Waals surface area contributed by atoms with Crippen molar-refractivity contribution in [1.82, 2.24) is 0 Å². The summed E-state index contributed by atoms with van der Waals surface area (Å²) >= 11 is 1.03. The van der Waals surface area contributed by atoms with E-state index in [1.54, 1.807) is 6.26 Å². The number of hydrogen-bond acceptors (Lipinski definition) is 3. The van der Waals surface area contributed by atoms with Crippen LogP contribution in [0.25, 0.3) is 0 Å². The van der Waals surface area contributed by atoms with E-state index in [0.717, 1.165) is 11.8 Å². The van der Waals surface area contributed by atoms with Crippen LogP contribution in [0.15, 0.2) is 0 Å². The van der Waals surface area contributed by atoms with E-state index in [0.29, 0.717) is 0 Å². The quantitative estimate of drug-likeness (QED) is 0.539. The summed E-state index contributed by atoms with van der Waals surface area (Å²) in [5, 5.41) is 0. The smallest absolute Gasteiger partial charge is 0.246 e. The molecule has 0 unspecified atom stereocenters. The van der Waals surface area contributed by atoms with Crippen LogP contribution in [-0.4, -0.2) is 24.4 Å². The van der Waals surface area contributed by atoms with Gasteiger partial charge in [-0.2, -0.15) is 0 Å². The maximum absolute atomic E-state index is 10.8. The fourth-order valence-electron chi connectivity index (χ4n) is 0.220. The summed E-state index contributed by atoms with van der Waals surface area (Å²) in [6, 6.07) is 0. The molecule has 8 heavy (non-hydrogen) atoms. The van der Waals surface area contributed by atoms with Crippen LogP contribution < -0.4 is 0 Å². The Hall–Kier alpha value is 0.250. The fraction of sp³-hybridized carbons (Fsp3) is 0.750. The van der Waals surface area contributed by atoms with Crippen LogP contribution in [0.5, 0.6) is 0 Å². The van der Waals surface area contributed by atoms with E-state index < -0.39 is 7.14 Å². The average molecular weight is 152 g/mol. The molecule has 0 fully saturated rings.